The van der Waals surface area contributed by atoms with Crippen LogP contribution in [-0.4, -0.2) is 18.0 Å². The smallest absolute Gasteiger partial charge is 0.240 e. The molecule has 0 aliphatic heterocycles. The molecule has 17 heavy (non-hydrogen) atoms. The van der Waals surface area contributed by atoms with Crippen molar-refractivity contribution < 1.29 is 4.79 Å². The van der Waals surface area contributed by atoms with Crippen LogP contribution in [0.5, 0.6) is 0 Å². The third kappa shape index (κ3) is 3.82. The first-order chi connectivity index (χ1) is 8.01. The number of likely N-dealkylation sites (N-methyl/N-ethyl adjacent to an activating group) is 1. The summed E-state index contributed by atoms with van der Waals surface area (Å²) in [6.07, 6.45) is 1.02. The van der Waals surface area contributed by atoms with E-state index in [1.807, 2.05) is 20.8 Å². The van der Waals surface area contributed by atoms with E-state index in [1.165, 1.54) is 10.4 Å². The van der Waals surface area contributed by atoms with Gasteiger partial charge in [-0.3, -0.25) is 4.79 Å². The summed E-state index contributed by atoms with van der Waals surface area (Å²) in [5, 5.41) is 8.24. The molecule has 0 saturated carbocycles. The molecule has 0 unspecified atom stereocenters. The van der Waals surface area contributed by atoms with Gasteiger partial charge >= 0.3 is 0 Å². The Hall–Kier alpha value is -0.870. The van der Waals surface area contributed by atoms with Crippen molar-refractivity contribution in [1.82, 2.24) is 10.6 Å². The van der Waals surface area contributed by atoms with Crippen LogP contribution < -0.4 is 10.6 Å². The highest BCUT2D eigenvalue weighted by atomic mass is 32.1. The monoisotopic (exact) mass is 254 g/mol. The number of carbonyl (C=O) groups is 1. The highest BCUT2D eigenvalue weighted by Crippen LogP contribution is 2.17. The number of carbonyl (C=O) groups excluding carboxylic acids is 1. The molecule has 0 spiro atoms. The van der Waals surface area contributed by atoms with Crippen molar-refractivity contribution in [3.05, 3.63) is 21.9 Å². The van der Waals surface area contributed by atoms with Crippen LogP contribution in [-0.2, 0) is 17.8 Å². The van der Waals surface area contributed by atoms with Gasteiger partial charge < -0.3 is 10.6 Å². The Morgan fingerprint density at radius 3 is 2.71 bits per heavy atom. The second-order valence-electron chi connectivity index (χ2n) is 4.56. The molecule has 0 saturated heterocycles. The fourth-order valence-electron chi connectivity index (χ4n) is 1.74. The van der Waals surface area contributed by atoms with Crippen molar-refractivity contribution in [2.75, 3.05) is 6.54 Å². The summed E-state index contributed by atoms with van der Waals surface area (Å²) in [6, 6.07) is 2.13. The molecular weight excluding hydrogens is 232 g/mol. The molecule has 0 aliphatic carbocycles. The molecule has 3 nitrogen and oxygen atoms in total. The van der Waals surface area contributed by atoms with Crippen molar-refractivity contribution >= 4 is 17.2 Å². The van der Waals surface area contributed by atoms with Gasteiger partial charge in [-0.15, -0.1) is 11.3 Å². The fourth-order valence-corrected chi connectivity index (χ4v) is 2.66. The van der Waals surface area contributed by atoms with E-state index in [-0.39, 0.29) is 5.91 Å². The summed E-state index contributed by atoms with van der Waals surface area (Å²) in [7, 11) is 0. The first-order valence-electron chi connectivity index (χ1n) is 6.09. The van der Waals surface area contributed by atoms with Gasteiger partial charge in [-0.25, -0.2) is 0 Å². The first kappa shape index (κ1) is 14.2. The Kier molecular flexibility index (Phi) is 5.15. The van der Waals surface area contributed by atoms with Crippen LogP contribution in [0.3, 0.4) is 0 Å². The molecule has 0 bridgehead atoms. The van der Waals surface area contributed by atoms with Crippen LogP contribution in [0.1, 0.15) is 38.1 Å². The van der Waals surface area contributed by atoms with E-state index in [1.54, 1.807) is 11.3 Å². The summed E-state index contributed by atoms with van der Waals surface area (Å²) in [4.78, 5) is 13.2. The van der Waals surface area contributed by atoms with Gasteiger partial charge in [-0.2, -0.15) is 0 Å². The van der Waals surface area contributed by atoms with Crippen LogP contribution in [0.4, 0.5) is 0 Å². The fraction of sp³-hybridized carbons (Fsp3) is 0.615. The van der Waals surface area contributed by atoms with E-state index in [4.69, 9.17) is 0 Å². The number of hydrogen-bond acceptors (Lipinski definition) is 3. The number of rotatable bonds is 6. The molecule has 1 heterocycles. The van der Waals surface area contributed by atoms with Crippen molar-refractivity contribution in [3.8, 4) is 0 Å². The van der Waals surface area contributed by atoms with E-state index in [0.29, 0.717) is 6.54 Å². The Balaban J connectivity index is 2.54. The number of thiophene rings is 1. The summed E-state index contributed by atoms with van der Waals surface area (Å²) in [6.45, 7) is 9.37. The van der Waals surface area contributed by atoms with Crippen LogP contribution in [0, 0.1) is 0 Å². The molecule has 1 amide bonds. The normalized spacial score (nSPS) is 11.5. The maximum atomic E-state index is 12.0. The molecule has 1 aromatic heterocycles. The van der Waals surface area contributed by atoms with E-state index in [9.17, 15) is 4.79 Å². The van der Waals surface area contributed by atoms with Crippen LogP contribution in [0.25, 0.3) is 0 Å². The van der Waals surface area contributed by atoms with Crippen LogP contribution in [0.15, 0.2) is 11.4 Å². The summed E-state index contributed by atoms with van der Waals surface area (Å²) in [5.74, 6) is 0.0507. The lowest BCUT2D eigenvalue weighted by molar-refractivity contribution is -0.126. The Bertz CT molecular complexity index is 371. The molecule has 1 aromatic rings. The van der Waals surface area contributed by atoms with Crippen LogP contribution in [0.2, 0.25) is 0 Å². The number of hydrogen-bond donors (Lipinski definition) is 2. The van der Waals surface area contributed by atoms with Gasteiger partial charge in [0.15, 0.2) is 0 Å². The molecule has 0 atom stereocenters. The number of amides is 1. The highest BCUT2D eigenvalue weighted by Gasteiger charge is 2.25. The molecule has 0 fully saturated rings. The number of nitrogens with one attached hydrogen (secondary N) is 2. The zero-order valence-corrected chi connectivity index (χ0v) is 11.9. The van der Waals surface area contributed by atoms with Crippen molar-refractivity contribution in [2.24, 2.45) is 0 Å². The lowest BCUT2D eigenvalue weighted by Gasteiger charge is -2.24. The molecule has 4 heteroatoms. The van der Waals surface area contributed by atoms with Gasteiger partial charge in [-0.05, 0) is 43.8 Å². The SMILES string of the molecule is CCNC(C)(C)C(=O)NCc1sccc1CC. The summed E-state index contributed by atoms with van der Waals surface area (Å²) < 4.78 is 0. The highest BCUT2D eigenvalue weighted by molar-refractivity contribution is 7.10. The second kappa shape index (κ2) is 6.17. The molecule has 0 radical (unpaired) electrons. The minimum absolute atomic E-state index is 0.0507. The number of aryl methyl sites for hydroxylation is 1. The topological polar surface area (TPSA) is 41.1 Å². The Morgan fingerprint density at radius 1 is 1.41 bits per heavy atom. The maximum absolute atomic E-state index is 12.0. The third-order valence-corrected chi connectivity index (χ3v) is 3.78. The third-order valence-electron chi connectivity index (χ3n) is 2.81. The molecule has 2 N–H and O–H groups in total. The minimum Gasteiger partial charge on any atom is -0.350 e. The van der Waals surface area contributed by atoms with Gasteiger partial charge in [0.2, 0.25) is 5.91 Å². The maximum Gasteiger partial charge on any atom is 0.240 e. The molecule has 0 aliphatic rings. The van der Waals surface area contributed by atoms with Gasteiger partial charge in [-0.1, -0.05) is 13.8 Å². The van der Waals surface area contributed by atoms with Gasteiger partial charge in [0.05, 0.1) is 12.1 Å². The summed E-state index contributed by atoms with van der Waals surface area (Å²) in [5.41, 5.74) is 0.829. The standard InChI is InChI=1S/C13H22N2OS/c1-5-10-7-8-17-11(10)9-14-12(16)13(3,4)15-6-2/h7-8,15H,5-6,9H2,1-4H3,(H,14,16). The van der Waals surface area contributed by atoms with Crippen molar-refractivity contribution in [2.45, 2.75) is 46.2 Å². The second-order valence-corrected chi connectivity index (χ2v) is 5.56. The predicted molar refractivity (Wildman–Crippen MR) is 73.3 cm³/mol. The first-order valence-corrected chi connectivity index (χ1v) is 6.97. The van der Waals surface area contributed by atoms with Gasteiger partial charge in [0.1, 0.15) is 0 Å². The minimum atomic E-state index is -0.502. The van der Waals surface area contributed by atoms with Gasteiger partial charge in [0.25, 0.3) is 0 Å². The lowest BCUT2D eigenvalue weighted by Crippen LogP contribution is -2.52. The zero-order chi connectivity index (χ0) is 12.9. The molecule has 96 valence electrons. The quantitative estimate of drug-likeness (QED) is 0.818. The average molecular weight is 254 g/mol. The summed E-state index contributed by atoms with van der Waals surface area (Å²) >= 11 is 1.70. The Morgan fingerprint density at radius 2 is 2.12 bits per heavy atom. The van der Waals surface area contributed by atoms with Gasteiger partial charge in [0, 0.05) is 4.88 Å². The molecule has 0 aromatic carbocycles. The van der Waals surface area contributed by atoms with E-state index >= 15 is 0 Å². The zero-order valence-electron chi connectivity index (χ0n) is 11.1. The van der Waals surface area contributed by atoms with Crippen molar-refractivity contribution in [1.29, 1.82) is 0 Å². The Labute approximate surface area is 108 Å². The van der Waals surface area contributed by atoms with E-state index in [0.717, 1.165) is 13.0 Å². The van der Waals surface area contributed by atoms with E-state index in [2.05, 4.69) is 29.0 Å². The van der Waals surface area contributed by atoms with E-state index < -0.39 is 5.54 Å². The predicted octanol–water partition coefficient (Wildman–Crippen LogP) is 2.31. The molecule has 1 rings (SSSR count). The van der Waals surface area contributed by atoms with Crippen LogP contribution >= 0.6 is 11.3 Å². The van der Waals surface area contributed by atoms with Crippen molar-refractivity contribution in [3.63, 3.8) is 0 Å². The average Bonchev–Trinajstić information content (AvgIpc) is 2.72. The molecular formula is C13H22N2OS. The lowest BCUT2D eigenvalue weighted by atomic mass is 10.0. The largest absolute Gasteiger partial charge is 0.350 e.